The Labute approximate surface area is 153 Å². The van der Waals surface area contributed by atoms with Gasteiger partial charge in [-0.1, -0.05) is 40.2 Å². The summed E-state index contributed by atoms with van der Waals surface area (Å²) >= 11 is 3.34. The zero-order chi connectivity index (χ0) is 18.4. The summed E-state index contributed by atoms with van der Waals surface area (Å²) in [7, 11) is 0. The van der Waals surface area contributed by atoms with E-state index in [1.165, 1.54) is 12.1 Å². The van der Waals surface area contributed by atoms with Crippen molar-refractivity contribution in [1.82, 2.24) is 10.6 Å². The molecule has 4 N–H and O–H groups in total. The monoisotopic (exact) mass is 407 g/mol. The first kappa shape index (κ1) is 18.9. The number of benzene rings is 2. The predicted octanol–water partition coefficient (Wildman–Crippen LogP) is 3.57. The van der Waals surface area contributed by atoms with E-state index < -0.39 is 12.1 Å². The molecule has 2 aromatic carbocycles. The van der Waals surface area contributed by atoms with Crippen LogP contribution in [-0.4, -0.2) is 11.9 Å². The third kappa shape index (κ3) is 5.86. The summed E-state index contributed by atoms with van der Waals surface area (Å²) in [5.74, 6) is -0.639. The Hall–Kier alpha value is -2.41. The number of urea groups is 1. The number of hydrogen-bond acceptors (Lipinski definition) is 2. The molecule has 0 saturated carbocycles. The first-order valence-corrected chi connectivity index (χ1v) is 8.50. The minimum Gasteiger partial charge on any atom is -0.352 e. The van der Waals surface area contributed by atoms with Crippen LogP contribution in [0.1, 0.15) is 36.6 Å². The molecule has 0 aliphatic rings. The molecule has 3 amide bonds. The van der Waals surface area contributed by atoms with Crippen LogP contribution in [0.2, 0.25) is 0 Å². The van der Waals surface area contributed by atoms with Gasteiger partial charge in [-0.05, 0) is 42.3 Å². The Morgan fingerprint density at radius 1 is 1.12 bits per heavy atom. The molecule has 0 radical (unpaired) electrons. The Bertz CT molecular complexity index is 752. The molecule has 0 aromatic heterocycles. The van der Waals surface area contributed by atoms with Crippen molar-refractivity contribution < 1.29 is 14.0 Å². The normalized spacial score (nSPS) is 12.9. The van der Waals surface area contributed by atoms with Crippen molar-refractivity contribution in [2.24, 2.45) is 5.73 Å². The van der Waals surface area contributed by atoms with E-state index in [0.717, 1.165) is 10.0 Å². The third-order valence-electron chi connectivity index (χ3n) is 3.70. The van der Waals surface area contributed by atoms with Gasteiger partial charge in [-0.2, -0.15) is 0 Å². The molecule has 0 fully saturated rings. The number of hydrogen-bond donors (Lipinski definition) is 3. The second kappa shape index (κ2) is 8.62. The number of carbonyl (C=O) groups excluding carboxylic acids is 2. The summed E-state index contributed by atoms with van der Waals surface area (Å²) in [6, 6.07) is 11.7. The van der Waals surface area contributed by atoms with Crippen molar-refractivity contribution in [3.8, 4) is 0 Å². The highest BCUT2D eigenvalue weighted by atomic mass is 79.9. The first-order chi connectivity index (χ1) is 11.8. The van der Waals surface area contributed by atoms with Crippen LogP contribution >= 0.6 is 15.9 Å². The van der Waals surface area contributed by atoms with Crippen LogP contribution in [0.25, 0.3) is 0 Å². The van der Waals surface area contributed by atoms with Crippen molar-refractivity contribution in [2.45, 2.75) is 25.4 Å². The molecule has 132 valence electrons. The second-order valence-electron chi connectivity index (χ2n) is 5.66. The molecule has 0 saturated heterocycles. The lowest BCUT2D eigenvalue weighted by Crippen LogP contribution is -2.37. The number of amides is 3. The van der Waals surface area contributed by atoms with Gasteiger partial charge in [-0.3, -0.25) is 4.79 Å². The maximum Gasteiger partial charge on any atom is 0.312 e. The predicted molar refractivity (Wildman–Crippen MR) is 97.2 cm³/mol. The Morgan fingerprint density at radius 2 is 1.80 bits per heavy atom. The standard InChI is InChI=1S/C18H19BrFN3O2/c1-11(13-3-2-4-15(20)9-13)22-17(24)10-16(23-18(21)25)12-5-7-14(19)8-6-12/h2-9,11,16H,10H2,1H3,(H,22,24)(H3,21,23,25)/t11-,16+/m0/s1. The number of nitrogens with one attached hydrogen (secondary N) is 2. The maximum atomic E-state index is 13.3. The maximum absolute atomic E-state index is 13.3. The molecular formula is C18H19BrFN3O2. The molecule has 0 unspecified atom stereocenters. The fourth-order valence-corrected chi connectivity index (χ4v) is 2.73. The fraction of sp³-hybridized carbons (Fsp3) is 0.222. The molecule has 0 aliphatic carbocycles. The van der Waals surface area contributed by atoms with E-state index in [9.17, 15) is 14.0 Å². The average Bonchev–Trinajstić information content (AvgIpc) is 2.54. The summed E-state index contributed by atoms with van der Waals surface area (Å²) in [6.45, 7) is 1.77. The highest BCUT2D eigenvalue weighted by molar-refractivity contribution is 9.10. The zero-order valence-corrected chi connectivity index (χ0v) is 15.2. The Morgan fingerprint density at radius 3 is 2.40 bits per heavy atom. The van der Waals surface area contributed by atoms with Gasteiger partial charge in [0.2, 0.25) is 5.91 Å². The number of carbonyl (C=O) groups is 2. The molecule has 25 heavy (non-hydrogen) atoms. The van der Waals surface area contributed by atoms with Gasteiger partial charge in [-0.25, -0.2) is 9.18 Å². The minimum absolute atomic E-state index is 0.0181. The van der Waals surface area contributed by atoms with E-state index in [0.29, 0.717) is 5.56 Å². The van der Waals surface area contributed by atoms with Gasteiger partial charge in [0.25, 0.3) is 0 Å². The molecular weight excluding hydrogens is 389 g/mol. The lowest BCUT2D eigenvalue weighted by molar-refractivity contribution is -0.122. The molecule has 7 heteroatoms. The fourth-order valence-electron chi connectivity index (χ4n) is 2.46. The summed E-state index contributed by atoms with van der Waals surface area (Å²) in [4.78, 5) is 23.6. The van der Waals surface area contributed by atoms with E-state index in [4.69, 9.17) is 5.73 Å². The molecule has 2 aromatic rings. The molecule has 2 atom stereocenters. The van der Waals surface area contributed by atoms with Gasteiger partial charge in [0, 0.05) is 4.47 Å². The lowest BCUT2D eigenvalue weighted by atomic mass is 10.0. The molecule has 2 rings (SSSR count). The van der Waals surface area contributed by atoms with Crippen LogP contribution in [0.4, 0.5) is 9.18 Å². The lowest BCUT2D eigenvalue weighted by Gasteiger charge is -2.20. The van der Waals surface area contributed by atoms with Crippen LogP contribution in [0.15, 0.2) is 53.0 Å². The van der Waals surface area contributed by atoms with Crippen molar-refractivity contribution in [2.75, 3.05) is 0 Å². The van der Waals surface area contributed by atoms with Gasteiger partial charge >= 0.3 is 6.03 Å². The topological polar surface area (TPSA) is 84.2 Å². The average molecular weight is 408 g/mol. The summed E-state index contributed by atoms with van der Waals surface area (Å²) < 4.78 is 14.2. The summed E-state index contributed by atoms with van der Waals surface area (Å²) in [5, 5.41) is 5.37. The molecule has 0 aliphatic heterocycles. The highest BCUT2D eigenvalue weighted by Gasteiger charge is 2.19. The van der Waals surface area contributed by atoms with Gasteiger partial charge in [-0.15, -0.1) is 0 Å². The van der Waals surface area contributed by atoms with Crippen molar-refractivity contribution in [3.05, 3.63) is 69.9 Å². The molecule has 0 heterocycles. The van der Waals surface area contributed by atoms with Crippen molar-refractivity contribution in [1.29, 1.82) is 0 Å². The first-order valence-electron chi connectivity index (χ1n) is 7.71. The molecule has 0 spiro atoms. The van der Waals surface area contributed by atoms with Crippen LogP contribution in [0, 0.1) is 5.82 Å². The van der Waals surface area contributed by atoms with Crippen molar-refractivity contribution >= 4 is 27.9 Å². The molecule has 0 bridgehead atoms. The quantitative estimate of drug-likeness (QED) is 0.683. The number of rotatable bonds is 6. The van der Waals surface area contributed by atoms with Gasteiger partial charge < -0.3 is 16.4 Å². The minimum atomic E-state index is -0.709. The van der Waals surface area contributed by atoms with Gasteiger partial charge in [0.15, 0.2) is 0 Å². The van der Waals surface area contributed by atoms with Crippen LogP contribution in [0.5, 0.6) is 0 Å². The van der Waals surface area contributed by atoms with Crippen molar-refractivity contribution in [3.63, 3.8) is 0 Å². The number of nitrogens with two attached hydrogens (primary N) is 1. The Kier molecular flexibility index (Phi) is 6.52. The van der Waals surface area contributed by atoms with Crippen LogP contribution in [-0.2, 0) is 4.79 Å². The summed E-state index contributed by atoms with van der Waals surface area (Å²) in [5.41, 5.74) is 6.64. The van der Waals surface area contributed by atoms with Crippen LogP contribution < -0.4 is 16.4 Å². The zero-order valence-electron chi connectivity index (χ0n) is 13.6. The number of primary amides is 1. The number of halogens is 2. The van der Waals surface area contributed by atoms with Crippen LogP contribution in [0.3, 0.4) is 0 Å². The third-order valence-corrected chi connectivity index (χ3v) is 4.23. The van der Waals surface area contributed by atoms with E-state index in [2.05, 4.69) is 26.6 Å². The summed E-state index contributed by atoms with van der Waals surface area (Å²) in [6.07, 6.45) is 0.0181. The van der Waals surface area contributed by atoms with Gasteiger partial charge in [0.1, 0.15) is 5.82 Å². The van der Waals surface area contributed by atoms with E-state index in [1.54, 1.807) is 31.2 Å². The second-order valence-corrected chi connectivity index (χ2v) is 6.58. The highest BCUT2D eigenvalue weighted by Crippen LogP contribution is 2.21. The molecule has 5 nitrogen and oxygen atoms in total. The largest absolute Gasteiger partial charge is 0.352 e. The van der Waals surface area contributed by atoms with E-state index >= 15 is 0 Å². The van der Waals surface area contributed by atoms with E-state index in [-0.39, 0.29) is 24.2 Å². The smallest absolute Gasteiger partial charge is 0.312 e. The SMILES string of the molecule is C[C@H](NC(=O)C[C@@H](NC(N)=O)c1ccc(Br)cc1)c1cccc(F)c1. The Balaban J connectivity index is 2.06. The van der Waals surface area contributed by atoms with Gasteiger partial charge in [0.05, 0.1) is 18.5 Å². The van der Waals surface area contributed by atoms with E-state index in [1.807, 2.05) is 12.1 Å².